The van der Waals surface area contributed by atoms with Crippen LogP contribution in [0.25, 0.3) is 0 Å². The highest BCUT2D eigenvalue weighted by Gasteiger charge is 2.03. The van der Waals surface area contributed by atoms with Crippen LogP contribution in [-0.4, -0.2) is 22.9 Å². The van der Waals surface area contributed by atoms with Crippen LogP contribution >= 0.6 is 0 Å². The van der Waals surface area contributed by atoms with Gasteiger partial charge in [0.25, 0.3) is 0 Å². The molecule has 0 spiro atoms. The maximum Gasteiger partial charge on any atom is 0.0540 e. The lowest BCUT2D eigenvalue weighted by molar-refractivity contribution is 0.147. The van der Waals surface area contributed by atoms with Gasteiger partial charge in [-0.1, -0.05) is 148 Å². The lowest BCUT2D eigenvalue weighted by Crippen LogP contribution is -2.06. The Kier molecular flexibility index (Phi) is 26.9. The molecule has 0 aromatic heterocycles. The van der Waals surface area contributed by atoms with Crippen molar-refractivity contribution in [2.75, 3.05) is 6.61 Å². The molecule has 0 heterocycles. The van der Waals surface area contributed by atoms with Gasteiger partial charge in [-0.15, -0.1) is 0 Å². The van der Waals surface area contributed by atoms with Gasteiger partial charge < -0.3 is 10.2 Å². The molecule has 0 bridgehead atoms. The quantitative estimate of drug-likeness (QED) is 0.135. The van der Waals surface area contributed by atoms with Gasteiger partial charge in [-0.05, 0) is 19.3 Å². The highest BCUT2D eigenvalue weighted by Crippen LogP contribution is 2.16. The Labute approximate surface area is 190 Å². The largest absolute Gasteiger partial charge is 0.396 e. The fourth-order valence-corrected chi connectivity index (χ4v) is 4.45. The van der Waals surface area contributed by atoms with E-state index in [1.165, 1.54) is 122 Å². The second-order valence-corrected chi connectivity index (χ2v) is 9.73. The van der Waals surface area contributed by atoms with Gasteiger partial charge in [-0.25, -0.2) is 0 Å². The molecule has 1 atom stereocenters. The maximum atomic E-state index is 10.00. The summed E-state index contributed by atoms with van der Waals surface area (Å²) in [4.78, 5) is 0. The van der Waals surface area contributed by atoms with E-state index >= 15 is 0 Å². The van der Waals surface area contributed by atoms with E-state index in [9.17, 15) is 5.11 Å². The number of aliphatic hydroxyl groups excluding tert-OH is 2. The van der Waals surface area contributed by atoms with Crippen LogP contribution in [0.5, 0.6) is 0 Å². The summed E-state index contributed by atoms with van der Waals surface area (Å²) in [5.41, 5.74) is 0. The van der Waals surface area contributed by atoms with Gasteiger partial charge in [-0.3, -0.25) is 0 Å². The topological polar surface area (TPSA) is 40.5 Å². The number of hydrogen-bond donors (Lipinski definition) is 2. The number of rotatable bonds is 26. The predicted octanol–water partition coefficient (Wildman–Crippen LogP) is 9.11. The Hall–Kier alpha value is -0.0800. The first kappa shape index (κ1) is 29.9. The van der Waals surface area contributed by atoms with Crippen molar-refractivity contribution in [3.8, 4) is 0 Å². The summed E-state index contributed by atoms with van der Waals surface area (Å²) in [6.45, 7) is 2.60. The molecule has 0 aliphatic heterocycles. The first-order valence-electron chi connectivity index (χ1n) is 14.1. The summed E-state index contributed by atoms with van der Waals surface area (Å²) in [6, 6.07) is 0. The van der Waals surface area contributed by atoms with Crippen LogP contribution in [0.15, 0.2) is 0 Å². The van der Waals surface area contributed by atoms with Crippen molar-refractivity contribution in [3.63, 3.8) is 0 Å². The van der Waals surface area contributed by atoms with Gasteiger partial charge in [0.1, 0.15) is 0 Å². The van der Waals surface area contributed by atoms with Crippen LogP contribution in [0.3, 0.4) is 0 Å². The van der Waals surface area contributed by atoms with Crippen molar-refractivity contribution < 1.29 is 10.2 Å². The first-order valence-corrected chi connectivity index (χ1v) is 14.1. The van der Waals surface area contributed by atoms with Crippen molar-refractivity contribution in [1.82, 2.24) is 0 Å². The Morgan fingerprint density at radius 3 is 0.967 bits per heavy atom. The molecule has 0 fully saturated rings. The zero-order valence-electron chi connectivity index (χ0n) is 20.9. The van der Waals surface area contributed by atoms with Crippen molar-refractivity contribution >= 4 is 0 Å². The Morgan fingerprint density at radius 2 is 0.667 bits per heavy atom. The smallest absolute Gasteiger partial charge is 0.0540 e. The second-order valence-electron chi connectivity index (χ2n) is 9.73. The molecule has 0 saturated carbocycles. The summed E-state index contributed by atoms with van der Waals surface area (Å²) in [5, 5.41) is 18.8. The summed E-state index contributed by atoms with van der Waals surface area (Å²) in [6.07, 6.45) is 33.0. The molecule has 2 nitrogen and oxygen atoms in total. The fourth-order valence-electron chi connectivity index (χ4n) is 4.45. The number of unbranched alkanes of at least 4 members (excludes halogenated alkanes) is 21. The number of aliphatic hydroxyl groups is 2. The SMILES string of the molecule is CCCCCCCCCCCCCCCCCCCCCC(O)CCCCCCO. The van der Waals surface area contributed by atoms with Crippen molar-refractivity contribution in [3.05, 3.63) is 0 Å². The Morgan fingerprint density at radius 1 is 0.400 bits per heavy atom. The maximum absolute atomic E-state index is 10.00. The minimum Gasteiger partial charge on any atom is -0.396 e. The first-order chi connectivity index (χ1) is 14.8. The lowest BCUT2D eigenvalue weighted by atomic mass is 10.0. The second kappa shape index (κ2) is 27.0. The average molecular weight is 427 g/mol. The molecular formula is C28H58O2. The Bertz CT molecular complexity index is 292. The molecule has 182 valence electrons. The van der Waals surface area contributed by atoms with Gasteiger partial charge in [0.15, 0.2) is 0 Å². The fraction of sp³-hybridized carbons (Fsp3) is 1.00. The molecule has 2 heteroatoms. The summed E-state index contributed by atoms with van der Waals surface area (Å²) >= 11 is 0. The van der Waals surface area contributed by atoms with E-state index in [1.807, 2.05) is 0 Å². The lowest BCUT2D eigenvalue weighted by Gasteiger charge is -2.10. The molecule has 2 N–H and O–H groups in total. The highest BCUT2D eigenvalue weighted by atomic mass is 16.3. The molecular weight excluding hydrogens is 368 g/mol. The van der Waals surface area contributed by atoms with E-state index in [2.05, 4.69) is 6.92 Å². The molecule has 0 amide bonds. The van der Waals surface area contributed by atoms with E-state index in [4.69, 9.17) is 5.11 Å². The van der Waals surface area contributed by atoms with E-state index in [-0.39, 0.29) is 6.10 Å². The Balaban J connectivity index is 3.07. The van der Waals surface area contributed by atoms with Crippen molar-refractivity contribution in [2.24, 2.45) is 0 Å². The monoisotopic (exact) mass is 426 g/mol. The molecule has 0 radical (unpaired) electrons. The molecule has 0 rings (SSSR count). The normalized spacial score (nSPS) is 12.5. The molecule has 0 aromatic carbocycles. The van der Waals surface area contributed by atoms with Crippen LogP contribution in [0, 0.1) is 0 Å². The summed E-state index contributed by atoms with van der Waals surface area (Å²) < 4.78 is 0. The third-order valence-corrected chi connectivity index (χ3v) is 6.59. The average Bonchev–Trinajstić information content (AvgIpc) is 2.75. The standard InChI is InChI=1S/C28H58O2/c1-2-3-4-5-6-7-8-9-10-11-12-13-14-15-16-17-18-19-22-25-28(30)26-23-20-21-24-27-29/h28-30H,2-27H2,1H3. The summed E-state index contributed by atoms with van der Waals surface area (Å²) in [7, 11) is 0. The van der Waals surface area contributed by atoms with E-state index in [0.717, 1.165) is 38.5 Å². The minimum atomic E-state index is -0.0927. The minimum absolute atomic E-state index is 0.0927. The molecule has 0 saturated heterocycles. The van der Waals surface area contributed by atoms with Crippen LogP contribution in [0.1, 0.15) is 167 Å². The third kappa shape index (κ3) is 26.0. The van der Waals surface area contributed by atoms with E-state index in [1.54, 1.807) is 0 Å². The van der Waals surface area contributed by atoms with Gasteiger partial charge in [0, 0.05) is 6.61 Å². The van der Waals surface area contributed by atoms with Crippen LogP contribution in [-0.2, 0) is 0 Å². The van der Waals surface area contributed by atoms with E-state index in [0.29, 0.717) is 6.61 Å². The summed E-state index contributed by atoms with van der Waals surface area (Å²) in [5.74, 6) is 0. The van der Waals surface area contributed by atoms with Crippen LogP contribution < -0.4 is 0 Å². The van der Waals surface area contributed by atoms with Crippen molar-refractivity contribution in [1.29, 1.82) is 0 Å². The zero-order chi connectivity index (χ0) is 22.0. The molecule has 1 unspecified atom stereocenters. The van der Waals surface area contributed by atoms with Gasteiger partial charge >= 0.3 is 0 Å². The van der Waals surface area contributed by atoms with Crippen molar-refractivity contribution in [2.45, 2.75) is 174 Å². The zero-order valence-corrected chi connectivity index (χ0v) is 20.9. The highest BCUT2D eigenvalue weighted by molar-refractivity contribution is 4.57. The van der Waals surface area contributed by atoms with Gasteiger partial charge in [-0.2, -0.15) is 0 Å². The van der Waals surface area contributed by atoms with Gasteiger partial charge in [0.2, 0.25) is 0 Å². The van der Waals surface area contributed by atoms with Gasteiger partial charge in [0.05, 0.1) is 6.10 Å². The van der Waals surface area contributed by atoms with Crippen LogP contribution in [0.4, 0.5) is 0 Å². The molecule has 30 heavy (non-hydrogen) atoms. The predicted molar refractivity (Wildman–Crippen MR) is 134 cm³/mol. The number of hydrogen-bond acceptors (Lipinski definition) is 2. The third-order valence-electron chi connectivity index (χ3n) is 6.59. The molecule has 0 aromatic rings. The van der Waals surface area contributed by atoms with E-state index < -0.39 is 0 Å². The van der Waals surface area contributed by atoms with Crippen LogP contribution in [0.2, 0.25) is 0 Å². The molecule has 0 aliphatic rings. The molecule has 0 aliphatic carbocycles.